The predicted octanol–water partition coefficient (Wildman–Crippen LogP) is 6.32. The van der Waals surface area contributed by atoms with E-state index in [0.29, 0.717) is 28.0 Å². The van der Waals surface area contributed by atoms with Crippen molar-refractivity contribution in [2.24, 2.45) is 4.99 Å². The summed E-state index contributed by atoms with van der Waals surface area (Å²) in [4.78, 5) is 16.7. The largest absolute Gasteiger partial charge is 0.494 e. The molecule has 7 heteroatoms. The van der Waals surface area contributed by atoms with Crippen molar-refractivity contribution in [1.29, 1.82) is 0 Å². The first-order chi connectivity index (χ1) is 15.5. The summed E-state index contributed by atoms with van der Waals surface area (Å²) in [5.41, 5.74) is 2.49. The second-order valence-electron chi connectivity index (χ2n) is 6.89. The zero-order valence-electron chi connectivity index (χ0n) is 17.2. The number of benzene rings is 3. The topological polar surface area (TPSA) is 57.1 Å². The molecule has 1 aliphatic heterocycles. The maximum atomic E-state index is 12.3. The minimum Gasteiger partial charge on any atom is -0.494 e. The SMILES string of the molecule is CCOc1ccc(C2=N/C(=C/c3cccc(OCc4ccc(Cl)cc4Cl)c3)C(=O)O2)cc1. The summed E-state index contributed by atoms with van der Waals surface area (Å²) in [5.74, 6) is 1.13. The average molecular weight is 468 g/mol. The van der Waals surface area contributed by atoms with Crippen molar-refractivity contribution in [2.45, 2.75) is 13.5 Å². The van der Waals surface area contributed by atoms with Crippen LogP contribution in [-0.4, -0.2) is 18.5 Å². The first-order valence-corrected chi connectivity index (χ1v) is 10.7. The van der Waals surface area contributed by atoms with Crippen molar-refractivity contribution < 1.29 is 19.0 Å². The van der Waals surface area contributed by atoms with Gasteiger partial charge in [-0.3, -0.25) is 0 Å². The monoisotopic (exact) mass is 467 g/mol. The zero-order chi connectivity index (χ0) is 22.5. The van der Waals surface area contributed by atoms with Gasteiger partial charge in [-0.05, 0) is 67.1 Å². The van der Waals surface area contributed by atoms with Gasteiger partial charge >= 0.3 is 5.97 Å². The van der Waals surface area contributed by atoms with Gasteiger partial charge < -0.3 is 14.2 Å². The fraction of sp³-hybridized carbons (Fsp3) is 0.120. The summed E-state index contributed by atoms with van der Waals surface area (Å²) in [7, 11) is 0. The Hall–Kier alpha value is -3.28. The molecule has 0 unspecified atom stereocenters. The Kier molecular flexibility index (Phi) is 6.78. The van der Waals surface area contributed by atoms with Crippen LogP contribution in [-0.2, 0) is 16.1 Å². The van der Waals surface area contributed by atoms with Crippen molar-refractivity contribution in [2.75, 3.05) is 6.61 Å². The fourth-order valence-electron chi connectivity index (χ4n) is 3.04. The molecule has 5 nitrogen and oxygen atoms in total. The molecule has 0 atom stereocenters. The molecule has 162 valence electrons. The Balaban J connectivity index is 1.48. The van der Waals surface area contributed by atoms with Crippen molar-refractivity contribution in [1.82, 2.24) is 0 Å². The maximum absolute atomic E-state index is 12.3. The lowest BCUT2D eigenvalue weighted by atomic mass is 10.2. The number of carbonyl (C=O) groups excluding carboxylic acids is 1. The first kappa shape index (κ1) is 21.9. The molecule has 0 spiro atoms. The first-order valence-electron chi connectivity index (χ1n) is 9.94. The Labute approximate surface area is 195 Å². The highest BCUT2D eigenvalue weighted by molar-refractivity contribution is 6.35. The molecule has 1 aliphatic rings. The van der Waals surface area contributed by atoms with Gasteiger partial charge in [-0.15, -0.1) is 0 Å². The second kappa shape index (κ2) is 9.90. The molecule has 0 aliphatic carbocycles. The van der Waals surface area contributed by atoms with Gasteiger partial charge in [-0.1, -0.05) is 41.4 Å². The second-order valence-corrected chi connectivity index (χ2v) is 7.73. The van der Waals surface area contributed by atoms with E-state index < -0.39 is 5.97 Å². The normalized spacial score (nSPS) is 14.3. The van der Waals surface area contributed by atoms with Crippen LogP contribution in [0.5, 0.6) is 11.5 Å². The maximum Gasteiger partial charge on any atom is 0.363 e. The molecule has 0 fully saturated rings. The molecule has 3 aromatic carbocycles. The Morgan fingerprint density at radius 2 is 1.78 bits per heavy atom. The van der Waals surface area contributed by atoms with Crippen LogP contribution in [0, 0.1) is 0 Å². The van der Waals surface area contributed by atoms with E-state index in [2.05, 4.69) is 4.99 Å². The quantitative estimate of drug-likeness (QED) is 0.301. The summed E-state index contributed by atoms with van der Waals surface area (Å²) in [6.07, 6.45) is 1.66. The van der Waals surface area contributed by atoms with E-state index in [4.69, 9.17) is 37.4 Å². The number of aliphatic imine (C=N–C) groups is 1. The van der Waals surface area contributed by atoms with Gasteiger partial charge in [0.2, 0.25) is 5.90 Å². The number of carbonyl (C=O) groups is 1. The van der Waals surface area contributed by atoms with Gasteiger partial charge in [0, 0.05) is 21.2 Å². The fourth-order valence-corrected chi connectivity index (χ4v) is 3.51. The lowest BCUT2D eigenvalue weighted by Crippen LogP contribution is -2.05. The van der Waals surface area contributed by atoms with Crippen LogP contribution in [0.1, 0.15) is 23.6 Å². The molecule has 32 heavy (non-hydrogen) atoms. The number of rotatable bonds is 7. The molecule has 1 heterocycles. The third-order valence-electron chi connectivity index (χ3n) is 4.60. The van der Waals surface area contributed by atoms with Crippen molar-refractivity contribution in [3.63, 3.8) is 0 Å². The highest BCUT2D eigenvalue weighted by Gasteiger charge is 2.24. The molecular formula is C25H19Cl2NO4. The molecule has 0 radical (unpaired) electrons. The number of hydrogen-bond donors (Lipinski definition) is 0. The van der Waals surface area contributed by atoms with E-state index in [0.717, 1.165) is 16.9 Å². The standard InChI is InChI=1S/C25H19Cl2NO4/c1-2-30-20-10-7-17(8-11-20)24-28-23(25(29)32-24)13-16-4-3-5-21(12-16)31-15-18-6-9-19(26)14-22(18)27/h3-14H,2,15H2,1H3/b23-13+. The van der Waals surface area contributed by atoms with Crippen LogP contribution < -0.4 is 9.47 Å². The van der Waals surface area contributed by atoms with Crippen molar-refractivity contribution in [3.8, 4) is 11.5 Å². The summed E-state index contributed by atoms with van der Waals surface area (Å²) >= 11 is 12.1. The van der Waals surface area contributed by atoms with Gasteiger partial charge in [0.25, 0.3) is 0 Å². The number of nitrogens with zero attached hydrogens (tertiary/aromatic N) is 1. The van der Waals surface area contributed by atoms with E-state index in [1.165, 1.54) is 0 Å². The van der Waals surface area contributed by atoms with E-state index in [1.807, 2.05) is 49.4 Å². The Bertz CT molecular complexity index is 1200. The van der Waals surface area contributed by atoms with Crippen LogP contribution in [0.4, 0.5) is 0 Å². The van der Waals surface area contributed by atoms with Crippen molar-refractivity contribution in [3.05, 3.63) is 99.2 Å². The Morgan fingerprint density at radius 3 is 2.53 bits per heavy atom. The van der Waals surface area contributed by atoms with Crippen LogP contribution in [0.2, 0.25) is 10.0 Å². The summed E-state index contributed by atoms with van der Waals surface area (Å²) in [6, 6.07) is 19.8. The van der Waals surface area contributed by atoms with Crippen LogP contribution in [0.15, 0.2) is 77.4 Å². The predicted molar refractivity (Wildman–Crippen MR) is 125 cm³/mol. The third kappa shape index (κ3) is 5.31. The summed E-state index contributed by atoms with van der Waals surface area (Å²) < 4.78 is 16.6. The van der Waals surface area contributed by atoms with Crippen LogP contribution >= 0.6 is 23.2 Å². The van der Waals surface area contributed by atoms with E-state index in [9.17, 15) is 4.79 Å². The molecule has 0 saturated heterocycles. The number of ether oxygens (including phenoxy) is 3. The molecule has 0 bridgehead atoms. The third-order valence-corrected chi connectivity index (χ3v) is 5.19. The minimum atomic E-state index is -0.506. The van der Waals surface area contributed by atoms with Gasteiger partial charge in [-0.2, -0.15) is 0 Å². The van der Waals surface area contributed by atoms with Crippen molar-refractivity contribution >= 4 is 41.1 Å². The molecule has 4 rings (SSSR count). The number of hydrogen-bond acceptors (Lipinski definition) is 5. The van der Waals surface area contributed by atoms with E-state index in [-0.39, 0.29) is 18.2 Å². The number of cyclic esters (lactones) is 1. The van der Waals surface area contributed by atoms with E-state index in [1.54, 1.807) is 30.3 Å². The Morgan fingerprint density at radius 1 is 0.969 bits per heavy atom. The molecule has 0 aromatic heterocycles. The van der Waals surface area contributed by atoms with Gasteiger partial charge in [-0.25, -0.2) is 9.79 Å². The number of halogens is 2. The summed E-state index contributed by atoms with van der Waals surface area (Å²) in [5, 5.41) is 1.11. The minimum absolute atomic E-state index is 0.215. The van der Waals surface area contributed by atoms with E-state index >= 15 is 0 Å². The lowest BCUT2D eigenvalue weighted by molar-refractivity contribution is -0.129. The molecule has 0 saturated carbocycles. The van der Waals surface area contributed by atoms with Crippen LogP contribution in [0.25, 0.3) is 6.08 Å². The van der Waals surface area contributed by atoms with Gasteiger partial charge in [0.15, 0.2) is 5.70 Å². The zero-order valence-corrected chi connectivity index (χ0v) is 18.7. The highest BCUT2D eigenvalue weighted by Crippen LogP contribution is 2.25. The van der Waals surface area contributed by atoms with Gasteiger partial charge in [0.05, 0.1) is 6.61 Å². The molecule has 0 amide bonds. The highest BCUT2D eigenvalue weighted by atomic mass is 35.5. The molecular weight excluding hydrogens is 449 g/mol. The van der Waals surface area contributed by atoms with Crippen LogP contribution in [0.3, 0.4) is 0 Å². The molecule has 3 aromatic rings. The van der Waals surface area contributed by atoms with Gasteiger partial charge in [0.1, 0.15) is 18.1 Å². The smallest absolute Gasteiger partial charge is 0.363 e. The molecule has 0 N–H and O–H groups in total. The summed E-state index contributed by atoms with van der Waals surface area (Å²) in [6.45, 7) is 2.79. The average Bonchev–Trinajstić information content (AvgIpc) is 3.14. The lowest BCUT2D eigenvalue weighted by Gasteiger charge is -2.08. The number of esters is 1.